The molecule has 0 spiro atoms. The van der Waals surface area contributed by atoms with Gasteiger partial charge in [-0.25, -0.2) is 13.6 Å². The van der Waals surface area contributed by atoms with Gasteiger partial charge in [0.2, 0.25) is 0 Å². The molecule has 0 fully saturated rings. The van der Waals surface area contributed by atoms with E-state index in [4.69, 9.17) is 4.74 Å². The zero-order chi connectivity index (χ0) is 30.1. The predicted octanol–water partition coefficient (Wildman–Crippen LogP) is 4.14. The van der Waals surface area contributed by atoms with Gasteiger partial charge in [0.25, 0.3) is 5.91 Å². The molecule has 0 bridgehead atoms. The van der Waals surface area contributed by atoms with E-state index in [0.717, 1.165) is 22.8 Å². The van der Waals surface area contributed by atoms with Gasteiger partial charge in [-0.2, -0.15) is 11.8 Å². The third-order valence-corrected chi connectivity index (χ3v) is 7.16. The van der Waals surface area contributed by atoms with Gasteiger partial charge in [0.05, 0.1) is 0 Å². The first-order valence-electron chi connectivity index (χ1n) is 13.2. The molecule has 4 aromatic rings. The van der Waals surface area contributed by atoms with E-state index in [0.29, 0.717) is 40.2 Å². The predicted molar refractivity (Wildman–Crippen MR) is 163 cm³/mol. The number of thioether (sulfide) groups is 1. The number of nitrogens with zero attached hydrogens (tertiary/aromatic N) is 1. The largest absolute Gasteiger partial charge is 1.00 e. The summed E-state index contributed by atoms with van der Waals surface area (Å²) < 4.78 is 33.0. The number of pyridine rings is 1. The van der Waals surface area contributed by atoms with Crippen molar-refractivity contribution in [1.82, 2.24) is 10.3 Å². The van der Waals surface area contributed by atoms with Gasteiger partial charge in [-0.1, -0.05) is 36.4 Å². The van der Waals surface area contributed by atoms with Crippen LogP contribution in [0.25, 0.3) is 23.3 Å². The number of carboxylic acid groups (broad SMARTS) is 1. The quantitative estimate of drug-likeness (QED) is 0.234. The number of carbonyl (C=O) groups is 2. The molecule has 218 valence electrons. The number of aromatic nitrogens is 1. The number of nitrogens with one attached hydrogen (secondary N) is 1. The summed E-state index contributed by atoms with van der Waals surface area (Å²) in [4.78, 5) is 29.2. The van der Waals surface area contributed by atoms with Gasteiger partial charge < -0.3 is 16.6 Å². The molecular formula is C33H31F2N2NaO4S. The molecule has 1 atom stereocenters. The number of aryl methyl sites for hydroxylation is 1. The first-order chi connectivity index (χ1) is 20.2. The Hall–Kier alpha value is -3.50. The second-order valence-corrected chi connectivity index (χ2v) is 10.6. The van der Waals surface area contributed by atoms with E-state index in [2.05, 4.69) is 10.3 Å². The summed E-state index contributed by atoms with van der Waals surface area (Å²) in [6.07, 6.45) is 9.01. The standard InChI is InChI=1S/C33H30F2N2O4S.Na.H/c1-21-5-3-4-6-27(21)29-17-22(8-10-28(29)32(38)37-30(33(39)40)12-14-42-2)7-9-24-19-36-13-11-31(24)41-20-23-15-25(34)18-26(35)16-23;;/h3-11,13,15-19,30H,12,14,20H2,1-2H3,(H,37,38)(H,39,40);;/q;+1;-1/t30-;;/m0../s1. The Morgan fingerprint density at radius 2 is 1.79 bits per heavy atom. The Morgan fingerprint density at radius 1 is 1.05 bits per heavy atom. The van der Waals surface area contributed by atoms with Gasteiger partial charge in [0.1, 0.15) is 30.0 Å². The molecule has 1 heterocycles. The van der Waals surface area contributed by atoms with E-state index in [-0.39, 0.29) is 37.6 Å². The summed E-state index contributed by atoms with van der Waals surface area (Å²) in [5.41, 5.74) is 4.62. The van der Waals surface area contributed by atoms with Crippen LogP contribution < -0.4 is 39.6 Å². The third kappa shape index (κ3) is 9.49. The number of ether oxygens (including phenoxy) is 1. The van der Waals surface area contributed by atoms with Gasteiger partial charge in [-0.05, 0) is 89.6 Å². The molecule has 0 aliphatic rings. The Morgan fingerprint density at radius 3 is 2.49 bits per heavy atom. The van der Waals surface area contributed by atoms with Crippen molar-refractivity contribution in [3.05, 3.63) is 119 Å². The number of carbonyl (C=O) groups excluding carboxylic acids is 1. The summed E-state index contributed by atoms with van der Waals surface area (Å²) in [5, 5.41) is 12.3. The van der Waals surface area contributed by atoms with Crippen molar-refractivity contribution in [2.24, 2.45) is 0 Å². The number of rotatable bonds is 12. The normalized spacial score (nSPS) is 11.5. The van der Waals surface area contributed by atoms with Crippen LogP contribution in [0.5, 0.6) is 5.75 Å². The van der Waals surface area contributed by atoms with Gasteiger partial charge in [-0.3, -0.25) is 9.78 Å². The maximum Gasteiger partial charge on any atom is 1.00 e. The van der Waals surface area contributed by atoms with E-state index in [1.54, 1.807) is 36.7 Å². The van der Waals surface area contributed by atoms with Crippen LogP contribution in [-0.2, 0) is 11.4 Å². The fourth-order valence-corrected chi connectivity index (χ4v) is 4.85. The summed E-state index contributed by atoms with van der Waals surface area (Å²) in [6, 6.07) is 16.9. The number of amides is 1. The van der Waals surface area contributed by atoms with Crippen molar-refractivity contribution in [2.75, 3.05) is 12.0 Å². The zero-order valence-electron chi connectivity index (χ0n) is 25.1. The second kappa shape index (κ2) is 16.4. The molecule has 2 N–H and O–H groups in total. The van der Waals surface area contributed by atoms with Crippen LogP contribution >= 0.6 is 11.8 Å². The maximum absolute atomic E-state index is 13.6. The molecule has 0 saturated carbocycles. The monoisotopic (exact) mass is 612 g/mol. The average Bonchev–Trinajstić information content (AvgIpc) is 2.97. The van der Waals surface area contributed by atoms with Crippen molar-refractivity contribution in [1.29, 1.82) is 0 Å². The number of benzene rings is 3. The minimum atomic E-state index is -1.08. The molecular weight excluding hydrogens is 581 g/mol. The summed E-state index contributed by atoms with van der Waals surface area (Å²) in [7, 11) is 0. The van der Waals surface area contributed by atoms with E-state index >= 15 is 0 Å². The SMILES string of the molecule is CSCC[C@H](NC(=O)c1ccc(C=Cc2cnccc2OCc2cc(F)cc(F)c2)cc1-c1ccccc1C)C(=O)O.[H-].[Na+]. The van der Waals surface area contributed by atoms with Crippen LogP contribution in [0.4, 0.5) is 8.78 Å². The van der Waals surface area contributed by atoms with Crippen molar-refractivity contribution in [3.8, 4) is 16.9 Å². The van der Waals surface area contributed by atoms with Gasteiger partial charge in [-0.15, -0.1) is 0 Å². The van der Waals surface area contributed by atoms with Gasteiger partial charge in [0.15, 0.2) is 0 Å². The van der Waals surface area contributed by atoms with Crippen LogP contribution in [-0.4, -0.2) is 40.0 Å². The number of hydrogen-bond acceptors (Lipinski definition) is 5. The number of aliphatic carboxylic acids is 1. The first kappa shape index (κ1) is 34.0. The fraction of sp³-hybridized carbons (Fsp3) is 0.182. The molecule has 4 rings (SSSR count). The molecule has 1 aromatic heterocycles. The molecule has 0 unspecified atom stereocenters. The zero-order valence-corrected chi connectivity index (χ0v) is 27.0. The Balaban J connectivity index is 0.00000337. The first-order valence-corrected chi connectivity index (χ1v) is 14.6. The second-order valence-electron chi connectivity index (χ2n) is 9.58. The summed E-state index contributed by atoms with van der Waals surface area (Å²) in [5.74, 6) is -1.82. The topological polar surface area (TPSA) is 88.5 Å². The van der Waals surface area contributed by atoms with E-state index < -0.39 is 29.6 Å². The number of hydrogen-bond donors (Lipinski definition) is 2. The minimum Gasteiger partial charge on any atom is -1.00 e. The van der Waals surface area contributed by atoms with Crippen LogP contribution in [0.1, 0.15) is 40.5 Å². The van der Waals surface area contributed by atoms with Gasteiger partial charge in [0, 0.05) is 29.6 Å². The molecule has 0 saturated heterocycles. The van der Waals surface area contributed by atoms with Crippen LogP contribution in [0.3, 0.4) is 0 Å². The number of halogens is 2. The maximum atomic E-state index is 13.6. The average molecular weight is 613 g/mol. The fourth-order valence-electron chi connectivity index (χ4n) is 4.38. The van der Waals surface area contributed by atoms with Crippen molar-refractivity contribution >= 4 is 35.8 Å². The summed E-state index contributed by atoms with van der Waals surface area (Å²) in [6.45, 7) is 1.91. The van der Waals surface area contributed by atoms with Crippen LogP contribution in [0.2, 0.25) is 0 Å². The summed E-state index contributed by atoms with van der Waals surface area (Å²) >= 11 is 1.52. The molecule has 0 aliphatic carbocycles. The molecule has 10 heteroatoms. The van der Waals surface area contributed by atoms with E-state index in [1.165, 1.54) is 23.9 Å². The van der Waals surface area contributed by atoms with Crippen LogP contribution in [0.15, 0.2) is 79.1 Å². The molecule has 0 aliphatic heterocycles. The number of carboxylic acids is 1. The smallest absolute Gasteiger partial charge is 1.00 e. The van der Waals surface area contributed by atoms with Crippen molar-refractivity contribution in [2.45, 2.75) is 26.0 Å². The van der Waals surface area contributed by atoms with E-state index in [1.807, 2.05) is 49.6 Å². The molecule has 6 nitrogen and oxygen atoms in total. The Bertz CT molecular complexity index is 1600. The third-order valence-electron chi connectivity index (χ3n) is 6.52. The Kier molecular flexibility index (Phi) is 12.9. The molecule has 43 heavy (non-hydrogen) atoms. The minimum absolute atomic E-state index is 0. The van der Waals surface area contributed by atoms with E-state index in [9.17, 15) is 23.5 Å². The van der Waals surface area contributed by atoms with Gasteiger partial charge >= 0.3 is 35.5 Å². The molecule has 0 radical (unpaired) electrons. The molecule has 1 amide bonds. The molecule has 3 aromatic carbocycles. The Labute approximate surface area is 277 Å². The van der Waals surface area contributed by atoms with Crippen molar-refractivity contribution < 1.29 is 59.2 Å². The van der Waals surface area contributed by atoms with Crippen LogP contribution in [0, 0.1) is 18.6 Å². The van der Waals surface area contributed by atoms with Crippen molar-refractivity contribution in [3.63, 3.8) is 0 Å².